The van der Waals surface area contributed by atoms with Crippen molar-refractivity contribution < 1.29 is 13.9 Å². The number of anilines is 1. The van der Waals surface area contributed by atoms with Gasteiger partial charge in [-0.15, -0.1) is 0 Å². The van der Waals surface area contributed by atoms with E-state index in [4.69, 9.17) is 4.42 Å². The summed E-state index contributed by atoms with van der Waals surface area (Å²) in [5.74, 6) is 1.21. The van der Waals surface area contributed by atoms with Gasteiger partial charge in [-0.25, -0.2) is 19.7 Å². The first-order chi connectivity index (χ1) is 9.10. The minimum atomic E-state index is -0.580. The van der Waals surface area contributed by atoms with Crippen molar-refractivity contribution in [3.8, 4) is 0 Å². The molecule has 0 amide bonds. The molecule has 1 N–H and O–H groups in total. The van der Waals surface area contributed by atoms with Crippen molar-refractivity contribution in [2.45, 2.75) is 19.9 Å². The van der Waals surface area contributed by atoms with Gasteiger partial charge < -0.3 is 14.5 Å². The van der Waals surface area contributed by atoms with E-state index < -0.39 is 5.97 Å². The molecule has 0 bridgehead atoms. The minimum absolute atomic E-state index is 0.00304. The number of aryl methyl sites for hydroxylation is 1. The van der Waals surface area contributed by atoms with Gasteiger partial charge >= 0.3 is 5.97 Å². The van der Waals surface area contributed by atoms with Crippen molar-refractivity contribution in [1.29, 1.82) is 0 Å². The molecule has 2 heterocycles. The molecule has 2 rings (SSSR count). The summed E-state index contributed by atoms with van der Waals surface area (Å²) in [6, 6.07) is 1.48. The van der Waals surface area contributed by atoms with Crippen molar-refractivity contribution in [3.05, 3.63) is 35.9 Å². The Morgan fingerprint density at radius 2 is 2.26 bits per heavy atom. The second kappa shape index (κ2) is 5.47. The molecule has 0 saturated carbocycles. The fourth-order valence-corrected chi connectivity index (χ4v) is 1.48. The molecule has 0 aromatic carbocycles. The molecule has 0 saturated heterocycles. The number of hydrogen-bond donors (Lipinski definition) is 1. The molecule has 0 spiro atoms. The van der Waals surface area contributed by atoms with Crippen molar-refractivity contribution in [2.24, 2.45) is 0 Å². The highest BCUT2D eigenvalue weighted by Crippen LogP contribution is 2.17. The number of rotatable bonds is 4. The second-order valence-electron chi connectivity index (χ2n) is 3.93. The molecule has 7 nitrogen and oxygen atoms in total. The lowest BCUT2D eigenvalue weighted by Crippen LogP contribution is -2.12. The Bertz CT molecular complexity index is 582. The quantitative estimate of drug-likeness (QED) is 0.839. The SMILES string of the molecule is COC(=O)c1nccc(NC(C)c2ncc(C)o2)n1. The van der Waals surface area contributed by atoms with E-state index >= 15 is 0 Å². The summed E-state index contributed by atoms with van der Waals surface area (Å²) < 4.78 is 9.97. The van der Waals surface area contributed by atoms with Gasteiger partial charge in [0.2, 0.25) is 11.7 Å². The normalized spacial score (nSPS) is 11.9. The van der Waals surface area contributed by atoms with Crippen LogP contribution in [0.25, 0.3) is 0 Å². The summed E-state index contributed by atoms with van der Waals surface area (Å²) in [7, 11) is 1.28. The second-order valence-corrected chi connectivity index (χ2v) is 3.93. The van der Waals surface area contributed by atoms with Gasteiger partial charge in [0, 0.05) is 6.20 Å². The number of carbonyl (C=O) groups excluding carboxylic acids is 1. The number of ether oxygens (including phenoxy) is 1. The molecule has 0 aliphatic heterocycles. The van der Waals surface area contributed by atoms with E-state index in [1.807, 2.05) is 13.8 Å². The molecule has 2 aromatic rings. The van der Waals surface area contributed by atoms with Crippen LogP contribution < -0.4 is 5.32 Å². The molecule has 1 unspecified atom stereocenters. The van der Waals surface area contributed by atoms with E-state index in [1.54, 1.807) is 12.3 Å². The number of aromatic nitrogens is 3. The molecule has 0 fully saturated rings. The van der Waals surface area contributed by atoms with E-state index in [1.165, 1.54) is 13.3 Å². The predicted molar refractivity (Wildman–Crippen MR) is 66.6 cm³/mol. The van der Waals surface area contributed by atoms with Crippen LogP contribution in [0.2, 0.25) is 0 Å². The van der Waals surface area contributed by atoms with Crippen LogP contribution in [0.5, 0.6) is 0 Å². The van der Waals surface area contributed by atoms with Crippen LogP contribution in [0.1, 0.15) is 35.2 Å². The Balaban J connectivity index is 2.12. The monoisotopic (exact) mass is 262 g/mol. The van der Waals surface area contributed by atoms with Crippen LogP contribution in [-0.4, -0.2) is 28.0 Å². The number of oxazole rings is 1. The highest BCUT2D eigenvalue weighted by Gasteiger charge is 2.14. The molecule has 0 aliphatic carbocycles. The average Bonchev–Trinajstić information content (AvgIpc) is 2.85. The first kappa shape index (κ1) is 13.0. The van der Waals surface area contributed by atoms with Gasteiger partial charge in [-0.2, -0.15) is 0 Å². The van der Waals surface area contributed by atoms with E-state index in [-0.39, 0.29) is 11.9 Å². The Morgan fingerprint density at radius 1 is 1.47 bits per heavy atom. The number of nitrogens with one attached hydrogen (secondary N) is 1. The molecular formula is C12H14N4O3. The van der Waals surface area contributed by atoms with Crippen LogP contribution in [0.4, 0.5) is 5.82 Å². The molecule has 19 heavy (non-hydrogen) atoms. The fourth-order valence-electron chi connectivity index (χ4n) is 1.48. The van der Waals surface area contributed by atoms with Crippen molar-refractivity contribution in [1.82, 2.24) is 15.0 Å². The summed E-state index contributed by atoms with van der Waals surface area (Å²) in [6.07, 6.45) is 3.13. The van der Waals surface area contributed by atoms with Crippen LogP contribution in [0.3, 0.4) is 0 Å². The summed E-state index contributed by atoms with van der Waals surface area (Å²) in [5, 5.41) is 3.08. The van der Waals surface area contributed by atoms with Gasteiger partial charge in [-0.1, -0.05) is 0 Å². The Hall–Kier alpha value is -2.44. The lowest BCUT2D eigenvalue weighted by atomic mass is 10.3. The van der Waals surface area contributed by atoms with Crippen molar-refractivity contribution >= 4 is 11.8 Å². The first-order valence-electron chi connectivity index (χ1n) is 5.70. The molecule has 100 valence electrons. The third-order valence-corrected chi connectivity index (χ3v) is 2.40. The summed E-state index contributed by atoms with van der Waals surface area (Å²) in [4.78, 5) is 23.3. The van der Waals surface area contributed by atoms with E-state index in [2.05, 4.69) is 25.0 Å². The van der Waals surface area contributed by atoms with E-state index in [0.29, 0.717) is 11.7 Å². The summed E-state index contributed by atoms with van der Waals surface area (Å²) in [5.41, 5.74) is 0. The number of methoxy groups -OCH3 is 1. The van der Waals surface area contributed by atoms with E-state index in [0.717, 1.165) is 5.76 Å². The lowest BCUT2D eigenvalue weighted by molar-refractivity contribution is 0.0587. The molecular weight excluding hydrogens is 248 g/mol. The first-order valence-corrected chi connectivity index (χ1v) is 5.70. The number of hydrogen-bond acceptors (Lipinski definition) is 7. The maximum Gasteiger partial charge on any atom is 0.376 e. The number of carbonyl (C=O) groups is 1. The van der Waals surface area contributed by atoms with Crippen LogP contribution in [0.15, 0.2) is 22.9 Å². The maximum atomic E-state index is 11.3. The minimum Gasteiger partial charge on any atom is -0.463 e. The Morgan fingerprint density at radius 3 is 2.89 bits per heavy atom. The molecule has 2 aromatic heterocycles. The number of esters is 1. The topological polar surface area (TPSA) is 90.1 Å². The predicted octanol–water partition coefficient (Wildman–Crippen LogP) is 1.73. The molecule has 0 radical (unpaired) electrons. The van der Waals surface area contributed by atoms with Crippen LogP contribution in [0, 0.1) is 6.92 Å². The van der Waals surface area contributed by atoms with Gasteiger partial charge in [-0.05, 0) is 19.9 Å². The standard InChI is InChI=1S/C12H14N4O3/c1-7-6-14-11(19-7)8(2)15-9-4-5-13-10(16-9)12(17)18-3/h4-6,8H,1-3H3,(H,13,15,16). The largest absolute Gasteiger partial charge is 0.463 e. The lowest BCUT2D eigenvalue weighted by Gasteiger charge is -2.11. The highest BCUT2D eigenvalue weighted by atomic mass is 16.5. The smallest absolute Gasteiger partial charge is 0.376 e. The van der Waals surface area contributed by atoms with Crippen molar-refractivity contribution in [3.63, 3.8) is 0 Å². The Labute approximate surface area is 110 Å². The van der Waals surface area contributed by atoms with Gasteiger partial charge in [0.25, 0.3) is 0 Å². The highest BCUT2D eigenvalue weighted by molar-refractivity contribution is 5.85. The van der Waals surface area contributed by atoms with Crippen LogP contribution >= 0.6 is 0 Å². The zero-order valence-electron chi connectivity index (χ0n) is 10.9. The van der Waals surface area contributed by atoms with Crippen molar-refractivity contribution in [2.75, 3.05) is 12.4 Å². The molecule has 1 atom stereocenters. The van der Waals surface area contributed by atoms with Crippen LogP contribution in [-0.2, 0) is 4.74 Å². The zero-order valence-corrected chi connectivity index (χ0v) is 10.9. The van der Waals surface area contributed by atoms with Gasteiger partial charge in [0.15, 0.2) is 0 Å². The Kier molecular flexibility index (Phi) is 3.74. The third kappa shape index (κ3) is 3.06. The maximum absolute atomic E-state index is 11.3. The number of nitrogens with zero attached hydrogens (tertiary/aromatic N) is 3. The summed E-state index contributed by atoms with van der Waals surface area (Å²) in [6.45, 7) is 3.70. The molecule has 0 aliphatic rings. The average molecular weight is 262 g/mol. The van der Waals surface area contributed by atoms with Gasteiger partial charge in [0.05, 0.1) is 13.3 Å². The van der Waals surface area contributed by atoms with Gasteiger partial charge in [-0.3, -0.25) is 0 Å². The summed E-state index contributed by atoms with van der Waals surface area (Å²) >= 11 is 0. The molecule has 7 heteroatoms. The third-order valence-electron chi connectivity index (χ3n) is 2.40. The van der Waals surface area contributed by atoms with Gasteiger partial charge in [0.1, 0.15) is 17.6 Å². The fraction of sp³-hybridized carbons (Fsp3) is 0.333. The zero-order chi connectivity index (χ0) is 13.8. The van der Waals surface area contributed by atoms with E-state index in [9.17, 15) is 4.79 Å².